The minimum atomic E-state index is 0.0752. The molecule has 19 heavy (non-hydrogen) atoms. The number of carbonyl (C=O) groups excluding carboxylic acids is 2. The number of ketones is 1. The fourth-order valence-electron chi connectivity index (χ4n) is 1.41. The van der Waals surface area contributed by atoms with Crippen molar-refractivity contribution >= 4 is 12.3 Å². The van der Waals surface area contributed by atoms with Crippen molar-refractivity contribution in [3.63, 3.8) is 0 Å². The predicted octanol–water partition coefficient (Wildman–Crippen LogP) is 3.10. The van der Waals surface area contributed by atoms with Gasteiger partial charge in [0.15, 0.2) is 5.78 Å². The summed E-state index contributed by atoms with van der Waals surface area (Å²) in [5.74, 6) is 0.0752. The van der Waals surface area contributed by atoms with Gasteiger partial charge in [0, 0.05) is 11.1 Å². The van der Waals surface area contributed by atoms with Crippen LogP contribution in [0.1, 0.15) is 22.8 Å². The van der Waals surface area contributed by atoms with Crippen LogP contribution < -0.4 is 0 Å². The van der Waals surface area contributed by atoms with Gasteiger partial charge in [-0.1, -0.05) is 60.7 Å². The third kappa shape index (κ3) is 5.17. The SMILES string of the molecule is CCOC=O.O=C(c1ccccc1)c1ccccc1. The second kappa shape index (κ2) is 8.64. The standard InChI is InChI=1S/C13H10O.C3H6O2/c14-13(11-7-3-1-4-8-11)12-9-5-2-6-10-12;1-2-5-3-4/h1-10H;3H,2H2,1H3. The smallest absolute Gasteiger partial charge is 0.293 e. The molecule has 0 aromatic heterocycles. The lowest BCUT2D eigenvalue weighted by Gasteiger charge is -1.99. The quantitative estimate of drug-likeness (QED) is 0.623. The first kappa shape index (κ1) is 14.6. The van der Waals surface area contributed by atoms with Gasteiger partial charge in [-0.05, 0) is 6.92 Å². The maximum Gasteiger partial charge on any atom is 0.293 e. The molecular formula is C16H16O3. The Morgan fingerprint density at radius 3 is 1.63 bits per heavy atom. The van der Waals surface area contributed by atoms with Gasteiger partial charge >= 0.3 is 0 Å². The molecule has 0 fully saturated rings. The lowest BCUT2D eigenvalue weighted by atomic mass is 10.0. The largest absolute Gasteiger partial charge is 0.468 e. The summed E-state index contributed by atoms with van der Waals surface area (Å²) < 4.78 is 4.15. The van der Waals surface area contributed by atoms with Crippen LogP contribution in [0, 0.1) is 0 Å². The molecule has 0 aliphatic carbocycles. The first-order valence-corrected chi connectivity index (χ1v) is 5.99. The van der Waals surface area contributed by atoms with Crippen LogP contribution in [-0.2, 0) is 9.53 Å². The van der Waals surface area contributed by atoms with Gasteiger partial charge in [-0.3, -0.25) is 9.59 Å². The molecule has 0 saturated heterocycles. The maximum atomic E-state index is 11.8. The van der Waals surface area contributed by atoms with E-state index in [9.17, 15) is 9.59 Å². The van der Waals surface area contributed by atoms with Gasteiger partial charge in [-0.15, -0.1) is 0 Å². The molecule has 3 nitrogen and oxygen atoms in total. The average Bonchev–Trinajstić information content (AvgIpc) is 2.50. The van der Waals surface area contributed by atoms with Gasteiger partial charge in [-0.2, -0.15) is 0 Å². The molecule has 0 heterocycles. The van der Waals surface area contributed by atoms with E-state index in [1.165, 1.54) is 0 Å². The van der Waals surface area contributed by atoms with E-state index >= 15 is 0 Å². The van der Waals surface area contributed by atoms with Gasteiger partial charge in [0.05, 0.1) is 6.61 Å². The maximum absolute atomic E-state index is 11.8. The fraction of sp³-hybridized carbons (Fsp3) is 0.125. The van der Waals surface area contributed by atoms with Crippen LogP contribution in [0.4, 0.5) is 0 Å². The molecule has 3 heteroatoms. The molecule has 0 bridgehead atoms. The molecule has 0 amide bonds. The highest BCUT2D eigenvalue weighted by molar-refractivity contribution is 6.08. The summed E-state index contributed by atoms with van der Waals surface area (Å²) >= 11 is 0. The Morgan fingerprint density at radius 1 is 0.947 bits per heavy atom. The second-order valence-electron chi connectivity index (χ2n) is 3.61. The molecule has 0 atom stereocenters. The average molecular weight is 256 g/mol. The van der Waals surface area contributed by atoms with Crippen molar-refractivity contribution in [1.82, 2.24) is 0 Å². The lowest BCUT2D eigenvalue weighted by Crippen LogP contribution is -1.99. The summed E-state index contributed by atoms with van der Waals surface area (Å²) in [5.41, 5.74) is 1.47. The summed E-state index contributed by atoms with van der Waals surface area (Å²) in [4.78, 5) is 21.0. The van der Waals surface area contributed by atoms with Crippen molar-refractivity contribution in [2.75, 3.05) is 6.61 Å². The Labute approximate surface area is 112 Å². The van der Waals surface area contributed by atoms with Crippen LogP contribution in [0.5, 0.6) is 0 Å². The van der Waals surface area contributed by atoms with E-state index in [1.54, 1.807) is 6.92 Å². The van der Waals surface area contributed by atoms with E-state index in [-0.39, 0.29) is 5.78 Å². The zero-order valence-electron chi connectivity index (χ0n) is 10.8. The minimum absolute atomic E-state index is 0.0752. The number of hydrogen-bond acceptors (Lipinski definition) is 3. The van der Waals surface area contributed by atoms with Crippen LogP contribution >= 0.6 is 0 Å². The second-order valence-corrected chi connectivity index (χ2v) is 3.61. The molecule has 2 aromatic rings. The van der Waals surface area contributed by atoms with E-state index in [2.05, 4.69) is 4.74 Å². The molecule has 0 saturated carbocycles. The number of hydrogen-bond donors (Lipinski definition) is 0. The number of benzene rings is 2. The molecule has 0 spiro atoms. The molecule has 2 aromatic carbocycles. The highest BCUT2D eigenvalue weighted by atomic mass is 16.5. The third-order valence-corrected chi connectivity index (χ3v) is 2.31. The lowest BCUT2D eigenvalue weighted by molar-refractivity contribution is -0.128. The summed E-state index contributed by atoms with van der Waals surface area (Å²) in [7, 11) is 0. The molecule has 0 radical (unpaired) electrons. The third-order valence-electron chi connectivity index (χ3n) is 2.31. The molecule has 0 aliphatic rings. The van der Waals surface area contributed by atoms with Crippen molar-refractivity contribution in [3.8, 4) is 0 Å². The van der Waals surface area contributed by atoms with Gasteiger partial charge < -0.3 is 4.74 Å². The summed E-state index contributed by atoms with van der Waals surface area (Å²) in [6.07, 6.45) is 0. The Morgan fingerprint density at radius 2 is 1.37 bits per heavy atom. The van der Waals surface area contributed by atoms with E-state index in [0.717, 1.165) is 11.1 Å². The summed E-state index contributed by atoms with van der Waals surface area (Å²) in [5, 5.41) is 0. The topological polar surface area (TPSA) is 43.4 Å². The number of rotatable bonds is 4. The Balaban J connectivity index is 0.000000312. The van der Waals surface area contributed by atoms with Gasteiger partial charge in [0.25, 0.3) is 6.47 Å². The van der Waals surface area contributed by atoms with E-state index in [4.69, 9.17) is 0 Å². The molecular weight excluding hydrogens is 240 g/mol. The Bertz CT molecular complexity index is 450. The minimum Gasteiger partial charge on any atom is -0.468 e. The van der Waals surface area contributed by atoms with Crippen LogP contribution in [-0.4, -0.2) is 18.9 Å². The predicted molar refractivity (Wildman–Crippen MR) is 74.0 cm³/mol. The van der Waals surface area contributed by atoms with Gasteiger partial charge in [-0.25, -0.2) is 0 Å². The molecule has 0 unspecified atom stereocenters. The first-order valence-electron chi connectivity index (χ1n) is 5.99. The molecule has 0 aliphatic heterocycles. The molecule has 2 rings (SSSR count). The summed E-state index contributed by atoms with van der Waals surface area (Å²) in [6.45, 7) is 2.66. The van der Waals surface area contributed by atoms with Crippen molar-refractivity contribution in [3.05, 3.63) is 71.8 Å². The molecule has 98 valence electrons. The van der Waals surface area contributed by atoms with E-state index < -0.39 is 0 Å². The first-order chi connectivity index (χ1) is 9.29. The zero-order valence-corrected chi connectivity index (χ0v) is 10.8. The van der Waals surface area contributed by atoms with E-state index in [0.29, 0.717) is 13.1 Å². The van der Waals surface area contributed by atoms with Crippen LogP contribution in [0.2, 0.25) is 0 Å². The summed E-state index contributed by atoms with van der Waals surface area (Å²) in [6, 6.07) is 18.6. The number of ether oxygens (including phenoxy) is 1. The van der Waals surface area contributed by atoms with Crippen LogP contribution in [0.25, 0.3) is 0 Å². The van der Waals surface area contributed by atoms with Crippen LogP contribution in [0.15, 0.2) is 60.7 Å². The van der Waals surface area contributed by atoms with Crippen molar-refractivity contribution in [1.29, 1.82) is 0 Å². The van der Waals surface area contributed by atoms with Crippen LogP contribution in [0.3, 0.4) is 0 Å². The molecule has 0 N–H and O–H groups in total. The fourth-order valence-corrected chi connectivity index (χ4v) is 1.41. The van der Waals surface area contributed by atoms with E-state index in [1.807, 2.05) is 60.7 Å². The Hall–Kier alpha value is -2.42. The number of carbonyl (C=O) groups is 2. The highest BCUT2D eigenvalue weighted by Crippen LogP contribution is 2.08. The van der Waals surface area contributed by atoms with Gasteiger partial charge in [0.1, 0.15) is 0 Å². The zero-order chi connectivity index (χ0) is 13.9. The Kier molecular flexibility index (Phi) is 6.66. The van der Waals surface area contributed by atoms with Crippen molar-refractivity contribution < 1.29 is 14.3 Å². The van der Waals surface area contributed by atoms with Crippen molar-refractivity contribution in [2.24, 2.45) is 0 Å². The normalized spacial score (nSPS) is 8.89. The van der Waals surface area contributed by atoms with Crippen molar-refractivity contribution in [2.45, 2.75) is 6.92 Å². The monoisotopic (exact) mass is 256 g/mol. The van der Waals surface area contributed by atoms with Gasteiger partial charge in [0.2, 0.25) is 0 Å². The highest BCUT2D eigenvalue weighted by Gasteiger charge is 2.06.